The molecule has 0 aromatic heterocycles. The van der Waals surface area contributed by atoms with Crippen LogP contribution in [0.1, 0.15) is 17.9 Å². The molecular formula is C10H10BrClO. The van der Waals surface area contributed by atoms with Crippen molar-refractivity contribution >= 4 is 27.5 Å². The van der Waals surface area contributed by atoms with Gasteiger partial charge in [-0.3, -0.25) is 0 Å². The topological polar surface area (TPSA) is 20.2 Å². The van der Waals surface area contributed by atoms with E-state index >= 15 is 0 Å². The number of hydrogen-bond acceptors (Lipinski definition) is 1. The molecule has 0 saturated heterocycles. The number of rotatable bonds is 2. The van der Waals surface area contributed by atoms with Gasteiger partial charge in [-0.15, -0.1) is 0 Å². The molecule has 1 saturated carbocycles. The van der Waals surface area contributed by atoms with Crippen molar-refractivity contribution in [2.45, 2.75) is 12.3 Å². The molecule has 1 aromatic rings. The second-order valence-electron chi connectivity index (χ2n) is 3.45. The second-order valence-corrected chi connectivity index (χ2v) is 4.74. The molecule has 13 heavy (non-hydrogen) atoms. The quantitative estimate of drug-likeness (QED) is 0.867. The minimum absolute atomic E-state index is 0.281. The summed E-state index contributed by atoms with van der Waals surface area (Å²) in [6.07, 6.45) is 1.08. The van der Waals surface area contributed by atoms with E-state index in [0.29, 0.717) is 11.8 Å². The fourth-order valence-electron chi connectivity index (χ4n) is 1.63. The molecule has 3 heteroatoms. The van der Waals surface area contributed by atoms with Crippen LogP contribution in [-0.4, -0.2) is 11.7 Å². The Morgan fingerprint density at radius 1 is 1.54 bits per heavy atom. The van der Waals surface area contributed by atoms with Crippen molar-refractivity contribution in [1.82, 2.24) is 0 Å². The Hall–Kier alpha value is -0.0500. The van der Waals surface area contributed by atoms with Gasteiger partial charge in [-0.1, -0.05) is 27.5 Å². The highest BCUT2D eigenvalue weighted by atomic mass is 79.9. The molecule has 1 nitrogen and oxygen atoms in total. The number of hydrogen-bond donors (Lipinski definition) is 1. The van der Waals surface area contributed by atoms with E-state index in [4.69, 9.17) is 16.7 Å². The molecule has 2 unspecified atom stereocenters. The lowest BCUT2D eigenvalue weighted by Gasteiger charge is -2.03. The summed E-state index contributed by atoms with van der Waals surface area (Å²) in [6.45, 7) is 0.281. The highest BCUT2D eigenvalue weighted by Gasteiger charge is 2.38. The molecule has 1 aliphatic rings. The molecule has 0 bridgehead atoms. The van der Waals surface area contributed by atoms with Crippen LogP contribution in [0, 0.1) is 5.92 Å². The van der Waals surface area contributed by atoms with E-state index in [1.54, 1.807) is 0 Å². The fourth-order valence-corrected chi connectivity index (χ4v) is 2.35. The van der Waals surface area contributed by atoms with Crippen LogP contribution in [-0.2, 0) is 0 Å². The summed E-state index contributed by atoms with van der Waals surface area (Å²) < 4.78 is 1.10. The zero-order valence-electron chi connectivity index (χ0n) is 7.00. The van der Waals surface area contributed by atoms with Gasteiger partial charge in [0, 0.05) is 16.1 Å². The maximum absolute atomic E-state index is 8.95. The molecule has 2 atom stereocenters. The smallest absolute Gasteiger partial charge is 0.0465 e. The third-order valence-corrected chi connectivity index (χ3v) is 3.47. The molecule has 70 valence electrons. The number of aliphatic hydroxyl groups excluding tert-OH is 1. The summed E-state index contributed by atoms with van der Waals surface area (Å²) in [4.78, 5) is 0. The predicted octanol–water partition coefficient (Wildman–Crippen LogP) is 3.20. The summed E-state index contributed by atoms with van der Waals surface area (Å²) in [6, 6.07) is 5.81. The van der Waals surface area contributed by atoms with Gasteiger partial charge in [-0.25, -0.2) is 0 Å². The van der Waals surface area contributed by atoms with Crippen LogP contribution in [0.2, 0.25) is 5.02 Å². The highest BCUT2D eigenvalue weighted by molar-refractivity contribution is 9.10. The second kappa shape index (κ2) is 3.60. The lowest BCUT2D eigenvalue weighted by Crippen LogP contribution is -1.89. The van der Waals surface area contributed by atoms with Gasteiger partial charge in [0.05, 0.1) is 0 Å². The summed E-state index contributed by atoms with van der Waals surface area (Å²) in [5.74, 6) is 0.938. The molecule has 0 amide bonds. The van der Waals surface area contributed by atoms with Crippen molar-refractivity contribution in [3.8, 4) is 0 Å². The van der Waals surface area contributed by atoms with Gasteiger partial charge in [0.1, 0.15) is 0 Å². The van der Waals surface area contributed by atoms with E-state index in [1.165, 1.54) is 5.56 Å². The molecule has 2 rings (SSSR count). The SMILES string of the molecule is OCC1CC1c1cc(Cl)ccc1Br. The largest absolute Gasteiger partial charge is 0.396 e. The fraction of sp³-hybridized carbons (Fsp3) is 0.400. The summed E-state index contributed by atoms with van der Waals surface area (Å²) in [7, 11) is 0. The minimum atomic E-state index is 0.281. The first-order valence-corrected chi connectivity index (χ1v) is 5.45. The standard InChI is InChI=1S/C10H10BrClO/c11-10-2-1-7(12)4-9(10)8-3-6(8)5-13/h1-2,4,6,8,13H,3,5H2. The van der Waals surface area contributed by atoms with E-state index in [2.05, 4.69) is 15.9 Å². The Morgan fingerprint density at radius 2 is 2.31 bits per heavy atom. The molecule has 1 aromatic carbocycles. The first-order valence-electron chi connectivity index (χ1n) is 4.28. The van der Waals surface area contributed by atoms with Crippen LogP contribution in [0.15, 0.2) is 22.7 Å². The first kappa shape index (κ1) is 9.50. The average molecular weight is 262 g/mol. The molecule has 0 heterocycles. The van der Waals surface area contributed by atoms with Gasteiger partial charge in [-0.05, 0) is 42.0 Å². The van der Waals surface area contributed by atoms with E-state index < -0.39 is 0 Å². The molecule has 0 spiro atoms. The monoisotopic (exact) mass is 260 g/mol. The van der Waals surface area contributed by atoms with Gasteiger partial charge >= 0.3 is 0 Å². The van der Waals surface area contributed by atoms with Gasteiger partial charge in [0.2, 0.25) is 0 Å². The average Bonchev–Trinajstić information content (AvgIpc) is 2.88. The predicted molar refractivity (Wildman–Crippen MR) is 57.1 cm³/mol. The van der Waals surface area contributed by atoms with Gasteiger partial charge < -0.3 is 5.11 Å². The Balaban J connectivity index is 2.25. The van der Waals surface area contributed by atoms with Crippen LogP contribution in [0.5, 0.6) is 0 Å². The zero-order valence-corrected chi connectivity index (χ0v) is 9.35. The van der Waals surface area contributed by atoms with E-state index in [1.807, 2.05) is 18.2 Å². The Kier molecular flexibility index (Phi) is 2.63. The van der Waals surface area contributed by atoms with Crippen LogP contribution in [0.25, 0.3) is 0 Å². The van der Waals surface area contributed by atoms with E-state index in [-0.39, 0.29) is 6.61 Å². The third kappa shape index (κ3) is 1.90. The molecule has 0 aliphatic heterocycles. The van der Waals surface area contributed by atoms with Crippen molar-refractivity contribution in [2.24, 2.45) is 5.92 Å². The molecule has 1 aliphatic carbocycles. The van der Waals surface area contributed by atoms with E-state index in [9.17, 15) is 0 Å². The van der Waals surface area contributed by atoms with Crippen LogP contribution in [0.4, 0.5) is 0 Å². The highest BCUT2D eigenvalue weighted by Crippen LogP contribution is 2.49. The first-order chi connectivity index (χ1) is 6.22. The summed E-state index contributed by atoms with van der Waals surface area (Å²) >= 11 is 9.38. The van der Waals surface area contributed by atoms with Crippen LogP contribution in [0.3, 0.4) is 0 Å². The number of halogens is 2. The van der Waals surface area contributed by atoms with E-state index in [0.717, 1.165) is 15.9 Å². The minimum Gasteiger partial charge on any atom is -0.396 e. The summed E-state index contributed by atoms with van der Waals surface area (Å²) in [5.41, 5.74) is 1.23. The van der Waals surface area contributed by atoms with Crippen LogP contribution < -0.4 is 0 Å². The molecule has 1 N–H and O–H groups in total. The lowest BCUT2D eigenvalue weighted by atomic mass is 10.1. The molecular weight excluding hydrogens is 251 g/mol. The van der Waals surface area contributed by atoms with Crippen molar-refractivity contribution in [3.63, 3.8) is 0 Å². The van der Waals surface area contributed by atoms with Crippen molar-refractivity contribution in [1.29, 1.82) is 0 Å². The van der Waals surface area contributed by atoms with Crippen molar-refractivity contribution in [2.75, 3.05) is 6.61 Å². The van der Waals surface area contributed by atoms with Gasteiger partial charge in [-0.2, -0.15) is 0 Å². The van der Waals surface area contributed by atoms with Crippen molar-refractivity contribution in [3.05, 3.63) is 33.3 Å². The number of aliphatic hydroxyl groups is 1. The Morgan fingerprint density at radius 3 is 2.92 bits per heavy atom. The zero-order chi connectivity index (χ0) is 9.42. The third-order valence-electron chi connectivity index (χ3n) is 2.51. The van der Waals surface area contributed by atoms with Crippen LogP contribution >= 0.6 is 27.5 Å². The maximum Gasteiger partial charge on any atom is 0.0465 e. The maximum atomic E-state index is 8.95. The lowest BCUT2D eigenvalue weighted by molar-refractivity contribution is 0.274. The van der Waals surface area contributed by atoms with Gasteiger partial charge in [0.25, 0.3) is 0 Å². The molecule has 0 radical (unpaired) electrons. The normalized spacial score (nSPS) is 26.1. The molecule has 1 fully saturated rings. The Labute approximate surface area is 90.9 Å². The van der Waals surface area contributed by atoms with Gasteiger partial charge in [0.15, 0.2) is 0 Å². The summed E-state index contributed by atoms with van der Waals surface area (Å²) in [5, 5.41) is 9.72. The van der Waals surface area contributed by atoms with Crippen molar-refractivity contribution < 1.29 is 5.11 Å². The number of benzene rings is 1. The Bertz CT molecular complexity index is 327.